The number of anilines is 1. The molecule has 1 fully saturated rings. The average Bonchev–Trinajstić information content (AvgIpc) is 3.39. The van der Waals surface area contributed by atoms with Crippen LogP contribution >= 0.6 is 0 Å². The molecule has 1 aliphatic rings. The Morgan fingerprint density at radius 3 is 2.93 bits per heavy atom. The summed E-state index contributed by atoms with van der Waals surface area (Å²) in [4.78, 5) is 13.0. The van der Waals surface area contributed by atoms with E-state index in [0.29, 0.717) is 18.3 Å². The summed E-state index contributed by atoms with van der Waals surface area (Å²) in [6.45, 7) is 4.85. The smallest absolute Gasteiger partial charge is 0.147 e. The number of fused-ring (bicyclic) bond motifs is 2. The van der Waals surface area contributed by atoms with E-state index >= 15 is 0 Å². The number of benzene rings is 1. The summed E-state index contributed by atoms with van der Waals surface area (Å²) in [5.74, 6) is 1.76. The first-order chi connectivity index (χ1) is 14.6. The van der Waals surface area contributed by atoms with Crippen molar-refractivity contribution in [2.45, 2.75) is 44.9 Å². The van der Waals surface area contributed by atoms with Crippen molar-refractivity contribution in [2.75, 3.05) is 12.3 Å². The van der Waals surface area contributed by atoms with Crippen LogP contribution < -0.4 is 10.5 Å². The van der Waals surface area contributed by atoms with Crippen molar-refractivity contribution >= 4 is 27.8 Å². The molecule has 7 heteroatoms. The molecule has 4 aromatic rings. The Balaban J connectivity index is 1.25. The van der Waals surface area contributed by atoms with Crippen LogP contribution in [0, 0.1) is 0 Å². The van der Waals surface area contributed by atoms with E-state index in [1.54, 1.807) is 0 Å². The molecule has 2 unspecified atom stereocenters. The lowest BCUT2D eigenvalue weighted by atomic mass is 10.0. The summed E-state index contributed by atoms with van der Waals surface area (Å²) in [6.07, 6.45) is 7.18. The van der Waals surface area contributed by atoms with E-state index in [-0.39, 0.29) is 12.3 Å². The van der Waals surface area contributed by atoms with E-state index < -0.39 is 0 Å². The van der Waals surface area contributed by atoms with Crippen molar-refractivity contribution in [1.82, 2.24) is 19.5 Å². The van der Waals surface area contributed by atoms with Gasteiger partial charge in [0, 0.05) is 23.8 Å². The molecule has 154 valence electrons. The van der Waals surface area contributed by atoms with Gasteiger partial charge in [0.15, 0.2) is 0 Å². The fourth-order valence-corrected chi connectivity index (χ4v) is 3.95. The van der Waals surface area contributed by atoms with Crippen molar-refractivity contribution in [1.29, 1.82) is 0 Å². The van der Waals surface area contributed by atoms with Gasteiger partial charge >= 0.3 is 0 Å². The maximum atomic E-state index is 6.23. The SMILES string of the molecule is CC(C)c1cnc2cc(OCC3CCC(n4ccc5c(N)ncnc54)O3)ccc2c1. The summed E-state index contributed by atoms with van der Waals surface area (Å²) in [5.41, 5.74) is 8.93. The number of ether oxygens (including phenoxy) is 2. The Hall–Kier alpha value is -3.19. The van der Waals surface area contributed by atoms with Gasteiger partial charge in [0.05, 0.1) is 17.0 Å². The third-order valence-electron chi connectivity index (χ3n) is 5.71. The fourth-order valence-electron chi connectivity index (χ4n) is 3.95. The van der Waals surface area contributed by atoms with Crippen LogP contribution in [0.4, 0.5) is 5.82 Å². The molecular weight excluding hydrogens is 378 g/mol. The predicted molar refractivity (Wildman–Crippen MR) is 116 cm³/mol. The van der Waals surface area contributed by atoms with Crippen LogP contribution in [-0.2, 0) is 4.74 Å². The molecule has 0 amide bonds. The van der Waals surface area contributed by atoms with Crippen LogP contribution in [0.5, 0.6) is 5.75 Å². The number of hydrogen-bond acceptors (Lipinski definition) is 6. The van der Waals surface area contributed by atoms with E-state index in [1.165, 1.54) is 11.9 Å². The normalized spacial score (nSPS) is 19.2. The lowest BCUT2D eigenvalue weighted by molar-refractivity contribution is -0.0156. The number of aromatic nitrogens is 4. The zero-order valence-electron chi connectivity index (χ0n) is 17.2. The van der Waals surface area contributed by atoms with Crippen molar-refractivity contribution in [3.05, 3.63) is 54.6 Å². The van der Waals surface area contributed by atoms with Gasteiger partial charge in [-0.3, -0.25) is 4.98 Å². The number of rotatable bonds is 5. The molecule has 5 rings (SSSR count). The summed E-state index contributed by atoms with van der Waals surface area (Å²) in [7, 11) is 0. The van der Waals surface area contributed by atoms with E-state index in [4.69, 9.17) is 15.2 Å². The number of nitrogens with zero attached hydrogens (tertiary/aromatic N) is 4. The molecule has 0 bridgehead atoms. The molecule has 7 nitrogen and oxygen atoms in total. The third-order valence-corrected chi connectivity index (χ3v) is 5.71. The molecule has 2 atom stereocenters. The monoisotopic (exact) mass is 403 g/mol. The lowest BCUT2D eigenvalue weighted by Gasteiger charge is -2.16. The van der Waals surface area contributed by atoms with Gasteiger partial charge in [-0.05, 0) is 48.6 Å². The molecule has 4 heterocycles. The highest BCUT2D eigenvalue weighted by molar-refractivity contribution is 5.86. The maximum absolute atomic E-state index is 6.23. The summed E-state index contributed by atoms with van der Waals surface area (Å²) >= 11 is 0. The number of pyridine rings is 1. The highest BCUT2D eigenvalue weighted by atomic mass is 16.6. The molecule has 2 N–H and O–H groups in total. The molecule has 0 radical (unpaired) electrons. The second kappa shape index (κ2) is 7.57. The van der Waals surface area contributed by atoms with Crippen molar-refractivity contribution in [2.24, 2.45) is 0 Å². The van der Waals surface area contributed by atoms with Gasteiger partial charge in [-0.2, -0.15) is 0 Å². The zero-order chi connectivity index (χ0) is 20.7. The molecule has 30 heavy (non-hydrogen) atoms. The van der Waals surface area contributed by atoms with Gasteiger partial charge in [0.2, 0.25) is 0 Å². The van der Waals surface area contributed by atoms with Crippen molar-refractivity contribution in [3.8, 4) is 5.75 Å². The predicted octanol–water partition coefficient (Wildman–Crippen LogP) is 4.44. The molecule has 1 aliphatic heterocycles. The summed E-state index contributed by atoms with van der Waals surface area (Å²) in [6, 6.07) is 10.2. The molecule has 1 aromatic carbocycles. The second-order valence-corrected chi connectivity index (χ2v) is 8.10. The number of nitrogens with two attached hydrogens (primary N) is 1. The van der Waals surface area contributed by atoms with Crippen LogP contribution in [0.3, 0.4) is 0 Å². The molecular formula is C23H25N5O2. The number of hydrogen-bond donors (Lipinski definition) is 1. The van der Waals surface area contributed by atoms with Gasteiger partial charge < -0.3 is 19.8 Å². The van der Waals surface area contributed by atoms with Crippen molar-refractivity contribution in [3.63, 3.8) is 0 Å². The van der Waals surface area contributed by atoms with E-state index in [1.807, 2.05) is 35.2 Å². The van der Waals surface area contributed by atoms with E-state index in [9.17, 15) is 0 Å². The lowest BCUT2D eigenvalue weighted by Crippen LogP contribution is -2.18. The minimum absolute atomic E-state index is 0.0265. The van der Waals surface area contributed by atoms with Crippen LogP contribution in [-0.4, -0.2) is 32.2 Å². The summed E-state index contributed by atoms with van der Waals surface area (Å²) in [5, 5.41) is 1.98. The first-order valence-corrected chi connectivity index (χ1v) is 10.3. The second-order valence-electron chi connectivity index (χ2n) is 8.10. The van der Waals surface area contributed by atoms with Gasteiger partial charge in [0.25, 0.3) is 0 Å². The topological polar surface area (TPSA) is 88.1 Å². The average molecular weight is 403 g/mol. The van der Waals surface area contributed by atoms with Gasteiger partial charge in [-0.25, -0.2) is 9.97 Å². The van der Waals surface area contributed by atoms with Crippen molar-refractivity contribution < 1.29 is 9.47 Å². The molecule has 1 saturated heterocycles. The Morgan fingerprint density at radius 2 is 2.07 bits per heavy atom. The quantitative estimate of drug-likeness (QED) is 0.530. The molecule has 0 spiro atoms. The summed E-state index contributed by atoms with van der Waals surface area (Å²) < 4.78 is 14.3. The number of nitrogen functional groups attached to an aromatic ring is 1. The van der Waals surface area contributed by atoms with Gasteiger partial charge in [-0.1, -0.05) is 13.8 Å². The van der Waals surface area contributed by atoms with Crippen LogP contribution in [0.15, 0.2) is 49.1 Å². The van der Waals surface area contributed by atoms with E-state index in [0.717, 1.165) is 40.5 Å². The van der Waals surface area contributed by atoms with E-state index in [2.05, 4.69) is 40.9 Å². The van der Waals surface area contributed by atoms with Gasteiger partial charge in [-0.15, -0.1) is 0 Å². The third kappa shape index (κ3) is 3.45. The maximum Gasteiger partial charge on any atom is 0.147 e. The largest absolute Gasteiger partial charge is 0.491 e. The minimum atomic E-state index is -0.0712. The van der Waals surface area contributed by atoms with Crippen LogP contribution in [0.25, 0.3) is 21.9 Å². The van der Waals surface area contributed by atoms with Crippen LogP contribution in [0.2, 0.25) is 0 Å². The Bertz CT molecular complexity index is 1200. The highest BCUT2D eigenvalue weighted by Gasteiger charge is 2.28. The molecule has 3 aromatic heterocycles. The first-order valence-electron chi connectivity index (χ1n) is 10.3. The van der Waals surface area contributed by atoms with Gasteiger partial charge in [0.1, 0.15) is 36.4 Å². The fraction of sp³-hybridized carbons (Fsp3) is 0.348. The van der Waals surface area contributed by atoms with Crippen LogP contribution in [0.1, 0.15) is 44.4 Å². The first kappa shape index (κ1) is 18.8. The Morgan fingerprint density at radius 1 is 1.17 bits per heavy atom. The zero-order valence-corrected chi connectivity index (χ0v) is 17.2. The Labute approximate surface area is 174 Å². The standard InChI is InChI=1S/C23H25N5O2/c1-14(2)16-9-15-3-4-17(10-20(15)25-11-16)29-12-18-5-6-21(30-18)28-8-7-19-22(24)26-13-27-23(19)28/h3-4,7-11,13-14,18,21H,5-6,12H2,1-2H3,(H2,24,26,27). The molecule has 0 aliphatic carbocycles. The molecule has 0 saturated carbocycles. The highest BCUT2D eigenvalue weighted by Crippen LogP contribution is 2.32. The Kier molecular flexibility index (Phi) is 4.75. The minimum Gasteiger partial charge on any atom is -0.491 e.